The first-order chi connectivity index (χ1) is 9.14. The van der Waals surface area contributed by atoms with E-state index in [4.69, 9.17) is 5.73 Å². The van der Waals surface area contributed by atoms with E-state index in [1.807, 2.05) is 12.1 Å². The molecule has 0 aliphatic carbocycles. The van der Waals surface area contributed by atoms with Crippen LogP contribution in [0, 0.1) is 11.2 Å². The van der Waals surface area contributed by atoms with Gasteiger partial charge in [-0.05, 0) is 30.5 Å². The maximum absolute atomic E-state index is 14.0. The molecule has 1 fully saturated rings. The number of rotatable bonds is 6. The molecule has 0 bridgehead atoms. The molecular formula is C16H25FN2. The van der Waals surface area contributed by atoms with Crippen molar-refractivity contribution in [2.75, 3.05) is 18.0 Å². The van der Waals surface area contributed by atoms with Crippen LogP contribution >= 0.6 is 0 Å². The average molecular weight is 264 g/mol. The summed E-state index contributed by atoms with van der Waals surface area (Å²) in [5, 5.41) is 0. The zero-order chi connectivity index (χ0) is 13.9. The first-order valence-corrected chi connectivity index (χ1v) is 7.37. The van der Waals surface area contributed by atoms with Crippen molar-refractivity contribution in [3.63, 3.8) is 0 Å². The molecule has 2 nitrogen and oxygen atoms in total. The molecule has 0 saturated carbocycles. The van der Waals surface area contributed by atoms with E-state index < -0.39 is 0 Å². The molecule has 19 heavy (non-hydrogen) atoms. The lowest BCUT2D eigenvalue weighted by molar-refractivity contribution is 0.172. The summed E-state index contributed by atoms with van der Waals surface area (Å²) in [5.74, 6) is -0.135. The van der Waals surface area contributed by atoms with Crippen LogP contribution in [0.2, 0.25) is 0 Å². The molecule has 106 valence electrons. The summed E-state index contributed by atoms with van der Waals surface area (Å²) < 4.78 is 14.0. The molecule has 1 heterocycles. The van der Waals surface area contributed by atoms with Gasteiger partial charge in [0.05, 0.1) is 5.69 Å². The summed E-state index contributed by atoms with van der Waals surface area (Å²) in [7, 11) is 0. The van der Waals surface area contributed by atoms with Crippen LogP contribution in [0.5, 0.6) is 0 Å². The van der Waals surface area contributed by atoms with Gasteiger partial charge in [-0.25, -0.2) is 4.39 Å². The van der Waals surface area contributed by atoms with Crippen LogP contribution in [0.1, 0.15) is 45.1 Å². The second-order valence-electron chi connectivity index (χ2n) is 5.85. The third-order valence-corrected chi connectivity index (χ3v) is 4.20. The zero-order valence-corrected chi connectivity index (χ0v) is 12.1. The molecule has 2 N–H and O–H groups in total. The Labute approximate surface area is 115 Å². The van der Waals surface area contributed by atoms with E-state index in [1.165, 1.54) is 25.7 Å². The second-order valence-corrected chi connectivity index (χ2v) is 5.85. The van der Waals surface area contributed by atoms with Crippen LogP contribution in [-0.2, 0) is 6.54 Å². The Hall–Kier alpha value is -1.09. The highest BCUT2D eigenvalue weighted by molar-refractivity contribution is 5.52. The highest BCUT2D eigenvalue weighted by Gasteiger charge is 2.41. The van der Waals surface area contributed by atoms with Gasteiger partial charge in [-0.15, -0.1) is 0 Å². The number of benzene rings is 1. The Morgan fingerprint density at radius 1 is 1.21 bits per heavy atom. The van der Waals surface area contributed by atoms with Crippen LogP contribution in [0.3, 0.4) is 0 Å². The summed E-state index contributed by atoms with van der Waals surface area (Å²) in [6.45, 7) is 6.85. The Morgan fingerprint density at radius 2 is 1.84 bits per heavy atom. The Morgan fingerprint density at radius 3 is 2.32 bits per heavy atom. The van der Waals surface area contributed by atoms with E-state index in [9.17, 15) is 4.39 Å². The normalized spacial score (nSPS) is 17.4. The third-order valence-electron chi connectivity index (χ3n) is 4.20. The summed E-state index contributed by atoms with van der Waals surface area (Å²) in [6.07, 6.45) is 4.92. The van der Waals surface area contributed by atoms with E-state index in [2.05, 4.69) is 18.7 Å². The molecule has 2 rings (SSSR count). The molecule has 1 aliphatic heterocycles. The Kier molecular flexibility index (Phi) is 4.46. The first-order valence-electron chi connectivity index (χ1n) is 7.37. The van der Waals surface area contributed by atoms with Gasteiger partial charge in [-0.1, -0.05) is 32.8 Å². The number of hydrogen-bond acceptors (Lipinski definition) is 2. The molecule has 1 aromatic carbocycles. The highest BCUT2D eigenvalue weighted by atomic mass is 19.1. The zero-order valence-electron chi connectivity index (χ0n) is 12.1. The molecule has 1 aliphatic rings. The van der Waals surface area contributed by atoms with Crippen molar-refractivity contribution < 1.29 is 4.39 Å². The SMILES string of the molecule is CCCC1(CCC)CN(c2ccc(CN)cc2F)C1. The number of nitrogens with zero attached hydrogens (tertiary/aromatic N) is 1. The van der Waals surface area contributed by atoms with Gasteiger partial charge < -0.3 is 10.6 Å². The van der Waals surface area contributed by atoms with Crippen LogP contribution in [0.25, 0.3) is 0 Å². The summed E-state index contributed by atoms with van der Waals surface area (Å²) in [5.41, 5.74) is 7.55. The van der Waals surface area contributed by atoms with Crippen LogP contribution < -0.4 is 10.6 Å². The lowest BCUT2D eigenvalue weighted by Gasteiger charge is -2.52. The lowest BCUT2D eigenvalue weighted by atomic mass is 9.72. The second kappa shape index (κ2) is 5.91. The predicted molar refractivity (Wildman–Crippen MR) is 78.8 cm³/mol. The number of halogens is 1. The quantitative estimate of drug-likeness (QED) is 0.849. The predicted octanol–water partition coefficient (Wildman–Crippen LogP) is 3.69. The van der Waals surface area contributed by atoms with E-state index in [-0.39, 0.29) is 5.82 Å². The monoisotopic (exact) mass is 264 g/mol. The van der Waals surface area contributed by atoms with Gasteiger partial charge >= 0.3 is 0 Å². The molecule has 0 radical (unpaired) electrons. The lowest BCUT2D eigenvalue weighted by Crippen LogP contribution is -2.56. The topological polar surface area (TPSA) is 29.3 Å². The van der Waals surface area contributed by atoms with Gasteiger partial charge in [0.25, 0.3) is 0 Å². The van der Waals surface area contributed by atoms with Crippen LogP contribution in [0.4, 0.5) is 10.1 Å². The first kappa shape index (κ1) is 14.3. The van der Waals surface area contributed by atoms with Gasteiger partial charge in [0, 0.05) is 25.0 Å². The molecule has 1 aromatic rings. The van der Waals surface area contributed by atoms with Gasteiger partial charge in [0.1, 0.15) is 5.82 Å². The molecule has 1 saturated heterocycles. The summed E-state index contributed by atoms with van der Waals surface area (Å²) in [4.78, 5) is 2.17. The minimum Gasteiger partial charge on any atom is -0.368 e. The average Bonchev–Trinajstić information content (AvgIpc) is 2.36. The van der Waals surface area contributed by atoms with E-state index in [1.54, 1.807) is 6.07 Å². The molecule has 0 unspecified atom stereocenters. The third kappa shape index (κ3) is 2.92. The fraction of sp³-hybridized carbons (Fsp3) is 0.625. The summed E-state index contributed by atoms with van der Waals surface area (Å²) in [6, 6.07) is 5.37. The summed E-state index contributed by atoms with van der Waals surface area (Å²) >= 11 is 0. The standard InChI is InChI=1S/C16H25FN2/c1-3-7-16(8-4-2)11-19(12-16)15-6-5-13(10-18)9-14(15)17/h5-6,9H,3-4,7-8,10-12,18H2,1-2H3. The van der Waals surface area contributed by atoms with Gasteiger partial charge in [0.2, 0.25) is 0 Å². The molecule has 0 amide bonds. The molecular weight excluding hydrogens is 239 g/mol. The Bertz CT molecular complexity index is 417. The maximum atomic E-state index is 14.0. The van der Waals surface area contributed by atoms with Crippen LogP contribution in [0.15, 0.2) is 18.2 Å². The molecule has 0 atom stereocenters. The fourth-order valence-corrected chi connectivity index (χ4v) is 3.37. The van der Waals surface area contributed by atoms with Crippen molar-refractivity contribution >= 4 is 5.69 Å². The van der Waals surface area contributed by atoms with E-state index in [0.717, 1.165) is 24.3 Å². The van der Waals surface area contributed by atoms with Crippen molar-refractivity contribution in [3.05, 3.63) is 29.6 Å². The maximum Gasteiger partial charge on any atom is 0.146 e. The van der Waals surface area contributed by atoms with Gasteiger partial charge in [-0.2, -0.15) is 0 Å². The van der Waals surface area contributed by atoms with Gasteiger partial charge in [-0.3, -0.25) is 0 Å². The molecule has 3 heteroatoms. The fourth-order valence-electron chi connectivity index (χ4n) is 3.37. The van der Waals surface area contributed by atoms with Crippen molar-refractivity contribution in [2.45, 2.75) is 46.1 Å². The number of hydrogen-bond donors (Lipinski definition) is 1. The minimum absolute atomic E-state index is 0.135. The smallest absolute Gasteiger partial charge is 0.146 e. The van der Waals surface area contributed by atoms with Crippen molar-refractivity contribution in [3.8, 4) is 0 Å². The van der Waals surface area contributed by atoms with E-state index >= 15 is 0 Å². The molecule has 0 spiro atoms. The van der Waals surface area contributed by atoms with Crippen molar-refractivity contribution in [1.82, 2.24) is 0 Å². The van der Waals surface area contributed by atoms with Crippen molar-refractivity contribution in [2.24, 2.45) is 11.1 Å². The van der Waals surface area contributed by atoms with E-state index in [0.29, 0.717) is 12.0 Å². The van der Waals surface area contributed by atoms with Gasteiger partial charge in [0.15, 0.2) is 0 Å². The highest BCUT2D eigenvalue weighted by Crippen LogP contribution is 2.42. The largest absolute Gasteiger partial charge is 0.368 e. The molecule has 0 aromatic heterocycles. The van der Waals surface area contributed by atoms with Crippen molar-refractivity contribution in [1.29, 1.82) is 0 Å². The number of anilines is 1. The number of nitrogens with two attached hydrogens (primary N) is 1. The van der Waals surface area contributed by atoms with Crippen LogP contribution in [-0.4, -0.2) is 13.1 Å². The Balaban J connectivity index is 2.06. The minimum atomic E-state index is -0.135.